The van der Waals surface area contributed by atoms with Gasteiger partial charge in [-0.1, -0.05) is 13.0 Å². The van der Waals surface area contributed by atoms with E-state index in [1.165, 1.54) is 0 Å². The second-order valence-electron chi connectivity index (χ2n) is 4.81. The van der Waals surface area contributed by atoms with E-state index in [2.05, 4.69) is 11.9 Å². The summed E-state index contributed by atoms with van der Waals surface area (Å²) in [5, 5.41) is 9.07. The van der Waals surface area contributed by atoms with E-state index in [-0.39, 0.29) is 6.54 Å². The first-order valence-electron chi connectivity index (χ1n) is 6.42. The van der Waals surface area contributed by atoms with Crippen LogP contribution in [-0.2, 0) is 11.3 Å². The molecule has 0 amide bonds. The molecule has 1 N–H and O–H groups in total. The Morgan fingerprint density at radius 3 is 2.84 bits per heavy atom. The minimum atomic E-state index is -0.856. The molecule has 1 heterocycles. The highest BCUT2D eigenvalue weighted by atomic mass is 16.4. The van der Waals surface area contributed by atoms with Gasteiger partial charge in [0, 0.05) is 13.6 Å². The average Bonchev–Trinajstić information content (AvgIpc) is 2.67. The molecule has 5 nitrogen and oxygen atoms in total. The molecule has 0 saturated carbocycles. The van der Waals surface area contributed by atoms with Crippen molar-refractivity contribution in [3.05, 3.63) is 23.8 Å². The van der Waals surface area contributed by atoms with Gasteiger partial charge < -0.3 is 10.0 Å². The molecule has 5 heteroatoms. The van der Waals surface area contributed by atoms with Crippen LogP contribution in [0.25, 0.3) is 11.0 Å². The predicted octanol–water partition coefficient (Wildman–Crippen LogP) is 2.28. The molecule has 2 aromatic rings. The first-order valence-corrected chi connectivity index (χ1v) is 6.42. The predicted molar refractivity (Wildman–Crippen MR) is 75.7 cm³/mol. The largest absolute Gasteiger partial charge is 0.480 e. The maximum Gasteiger partial charge on any atom is 0.323 e. The van der Waals surface area contributed by atoms with Crippen LogP contribution in [0.15, 0.2) is 18.2 Å². The molecule has 19 heavy (non-hydrogen) atoms. The normalized spacial score (nSPS) is 10.9. The Hall–Kier alpha value is -2.04. The molecule has 1 aromatic carbocycles. The molecule has 0 spiro atoms. The van der Waals surface area contributed by atoms with Gasteiger partial charge in [-0.15, -0.1) is 0 Å². The van der Waals surface area contributed by atoms with Gasteiger partial charge in [0.15, 0.2) is 0 Å². The third-order valence-corrected chi connectivity index (χ3v) is 3.08. The van der Waals surface area contributed by atoms with Crippen molar-refractivity contribution in [2.45, 2.75) is 26.8 Å². The quantitative estimate of drug-likeness (QED) is 0.897. The van der Waals surface area contributed by atoms with Crippen molar-refractivity contribution in [3.63, 3.8) is 0 Å². The Bertz CT molecular complexity index is 604. The van der Waals surface area contributed by atoms with Gasteiger partial charge >= 0.3 is 5.97 Å². The summed E-state index contributed by atoms with van der Waals surface area (Å²) in [6, 6.07) is 5.90. The first-order chi connectivity index (χ1) is 9.02. The van der Waals surface area contributed by atoms with E-state index in [4.69, 9.17) is 5.11 Å². The van der Waals surface area contributed by atoms with Gasteiger partial charge in [-0.25, -0.2) is 4.98 Å². The minimum Gasteiger partial charge on any atom is -0.480 e. The van der Waals surface area contributed by atoms with Crippen molar-refractivity contribution < 1.29 is 9.90 Å². The number of aliphatic carboxylic acids is 1. The van der Waals surface area contributed by atoms with E-state index in [9.17, 15) is 4.79 Å². The van der Waals surface area contributed by atoms with Crippen LogP contribution in [0.2, 0.25) is 0 Å². The molecule has 0 atom stereocenters. The molecule has 0 bridgehead atoms. The molecule has 0 unspecified atom stereocenters. The van der Waals surface area contributed by atoms with Gasteiger partial charge in [0.1, 0.15) is 6.54 Å². The van der Waals surface area contributed by atoms with Crippen LogP contribution < -0.4 is 4.90 Å². The number of aromatic nitrogens is 2. The molecule has 0 aliphatic rings. The van der Waals surface area contributed by atoms with Gasteiger partial charge in [-0.05, 0) is 31.0 Å². The van der Waals surface area contributed by atoms with Crippen LogP contribution in [-0.4, -0.2) is 34.2 Å². The number of carbonyl (C=O) groups is 1. The van der Waals surface area contributed by atoms with E-state index in [0.717, 1.165) is 29.6 Å². The molecule has 0 aliphatic carbocycles. The summed E-state index contributed by atoms with van der Waals surface area (Å²) in [6.07, 6.45) is 0.992. The van der Waals surface area contributed by atoms with Gasteiger partial charge in [0.25, 0.3) is 0 Å². The number of hydrogen-bond acceptors (Lipinski definition) is 3. The molecule has 2 rings (SSSR count). The number of hydrogen-bond donors (Lipinski definition) is 1. The summed E-state index contributed by atoms with van der Waals surface area (Å²) in [5.41, 5.74) is 2.84. The third kappa shape index (κ3) is 2.70. The first kappa shape index (κ1) is 13.4. The van der Waals surface area contributed by atoms with Gasteiger partial charge in [-0.3, -0.25) is 9.36 Å². The summed E-state index contributed by atoms with van der Waals surface area (Å²) < 4.78 is 1.76. The lowest BCUT2D eigenvalue weighted by Gasteiger charge is -2.18. The number of imidazole rings is 1. The number of nitrogens with zero attached hydrogens (tertiary/aromatic N) is 3. The summed E-state index contributed by atoms with van der Waals surface area (Å²) in [7, 11) is 1.94. The van der Waals surface area contributed by atoms with Crippen molar-refractivity contribution >= 4 is 23.0 Å². The van der Waals surface area contributed by atoms with Gasteiger partial charge in [0.05, 0.1) is 11.0 Å². The van der Waals surface area contributed by atoms with Gasteiger partial charge in [0.2, 0.25) is 5.95 Å². The Balaban J connectivity index is 2.56. The van der Waals surface area contributed by atoms with E-state index < -0.39 is 5.97 Å². The lowest BCUT2D eigenvalue weighted by atomic mass is 10.2. The second-order valence-corrected chi connectivity index (χ2v) is 4.81. The maximum atomic E-state index is 11.0. The number of fused-ring (bicyclic) bond motifs is 1. The van der Waals surface area contributed by atoms with Crippen molar-refractivity contribution in [1.29, 1.82) is 0 Å². The van der Waals surface area contributed by atoms with E-state index >= 15 is 0 Å². The lowest BCUT2D eigenvalue weighted by Crippen LogP contribution is -2.23. The summed E-state index contributed by atoms with van der Waals surface area (Å²) in [4.78, 5) is 17.6. The third-order valence-electron chi connectivity index (χ3n) is 3.08. The molecule has 0 saturated heterocycles. The molecular weight excluding hydrogens is 242 g/mol. The molecule has 0 radical (unpaired) electrons. The minimum absolute atomic E-state index is 0.0665. The number of rotatable bonds is 5. The molecule has 1 aromatic heterocycles. The van der Waals surface area contributed by atoms with E-state index in [0.29, 0.717) is 5.95 Å². The Labute approximate surface area is 112 Å². The summed E-state index contributed by atoms with van der Waals surface area (Å²) in [5.74, 6) is -0.143. The smallest absolute Gasteiger partial charge is 0.323 e. The van der Waals surface area contributed by atoms with Crippen molar-refractivity contribution in [1.82, 2.24) is 9.55 Å². The highest BCUT2D eigenvalue weighted by Gasteiger charge is 2.16. The number of aryl methyl sites for hydroxylation is 1. The standard InChI is InChI=1S/C14H19N3O2/c1-4-7-16(3)14-15-11-8-10(2)5-6-12(11)17(14)9-13(18)19/h5-6,8H,4,7,9H2,1-3H3,(H,18,19). The van der Waals surface area contributed by atoms with Crippen molar-refractivity contribution in [2.75, 3.05) is 18.5 Å². The Morgan fingerprint density at radius 2 is 2.21 bits per heavy atom. The fourth-order valence-corrected chi connectivity index (χ4v) is 2.25. The fourth-order valence-electron chi connectivity index (χ4n) is 2.25. The number of carboxylic acid groups (broad SMARTS) is 1. The number of anilines is 1. The summed E-state index contributed by atoms with van der Waals surface area (Å²) in [6.45, 7) is 4.88. The average molecular weight is 261 g/mol. The zero-order valence-electron chi connectivity index (χ0n) is 11.6. The molecule has 0 fully saturated rings. The topological polar surface area (TPSA) is 58.4 Å². The number of carboxylic acids is 1. The van der Waals surface area contributed by atoms with Gasteiger partial charge in [-0.2, -0.15) is 0 Å². The van der Waals surface area contributed by atoms with Crippen molar-refractivity contribution in [2.24, 2.45) is 0 Å². The van der Waals surface area contributed by atoms with Crippen LogP contribution >= 0.6 is 0 Å². The second kappa shape index (κ2) is 5.30. The number of benzene rings is 1. The van der Waals surface area contributed by atoms with Crippen LogP contribution in [0.1, 0.15) is 18.9 Å². The van der Waals surface area contributed by atoms with Crippen LogP contribution in [0.3, 0.4) is 0 Å². The van der Waals surface area contributed by atoms with E-state index in [1.807, 2.05) is 37.1 Å². The van der Waals surface area contributed by atoms with E-state index in [1.54, 1.807) is 4.57 Å². The zero-order chi connectivity index (χ0) is 14.0. The monoisotopic (exact) mass is 261 g/mol. The summed E-state index contributed by atoms with van der Waals surface area (Å²) >= 11 is 0. The zero-order valence-corrected chi connectivity index (χ0v) is 11.6. The fraction of sp³-hybridized carbons (Fsp3) is 0.429. The Morgan fingerprint density at radius 1 is 1.47 bits per heavy atom. The van der Waals surface area contributed by atoms with Crippen LogP contribution in [0.5, 0.6) is 0 Å². The molecular formula is C14H19N3O2. The SMILES string of the molecule is CCCN(C)c1nc2cc(C)ccc2n1CC(=O)O. The lowest BCUT2D eigenvalue weighted by molar-refractivity contribution is -0.137. The van der Waals surface area contributed by atoms with Crippen LogP contribution in [0.4, 0.5) is 5.95 Å². The highest BCUT2D eigenvalue weighted by molar-refractivity contribution is 5.81. The maximum absolute atomic E-state index is 11.0. The molecule has 0 aliphatic heterocycles. The highest BCUT2D eigenvalue weighted by Crippen LogP contribution is 2.23. The Kier molecular flexibility index (Phi) is 3.74. The van der Waals surface area contributed by atoms with Crippen molar-refractivity contribution in [3.8, 4) is 0 Å². The van der Waals surface area contributed by atoms with Crippen LogP contribution in [0, 0.1) is 6.92 Å². The molecule has 102 valence electrons.